The summed E-state index contributed by atoms with van der Waals surface area (Å²) in [6.45, 7) is 11.9. The van der Waals surface area contributed by atoms with Gasteiger partial charge < -0.3 is 4.42 Å². The third-order valence-corrected chi connectivity index (χ3v) is 5.67. The number of hydrogen-bond donors (Lipinski definition) is 0. The first-order valence-electron chi connectivity index (χ1n) is 12.0. The maximum Gasteiger partial charge on any atom is 0.299 e. The minimum Gasteiger partial charge on any atom is -0.456 e. The molecule has 0 unspecified atom stereocenters. The molecule has 0 fully saturated rings. The fourth-order valence-corrected chi connectivity index (χ4v) is 4.19. The monoisotopic (exact) mass is 476 g/mol. The molecule has 1 aliphatic carbocycles. The number of rotatable bonds is 0. The Morgan fingerprint density at radius 2 is 1.26 bits per heavy atom. The molecule has 1 aromatic heterocycles. The predicted octanol–water partition coefficient (Wildman–Crippen LogP) is 10.2. The van der Waals surface area contributed by atoms with Gasteiger partial charge in [-0.1, -0.05) is 93.4 Å². The molecule has 0 saturated heterocycles. The van der Waals surface area contributed by atoms with Crippen LogP contribution < -0.4 is 0 Å². The molecule has 0 bridgehead atoms. The lowest BCUT2D eigenvalue weighted by molar-refractivity contribution is 0.0480. The molecule has 0 saturated carbocycles. The van der Waals surface area contributed by atoms with Crippen LogP contribution in [-0.2, 0) is 5.92 Å². The second kappa shape index (κ2) is 10.8. The third-order valence-electron chi connectivity index (χ3n) is 5.67. The summed E-state index contributed by atoms with van der Waals surface area (Å²) >= 11 is 0. The van der Waals surface area contributed by atoms with Crippen molar-refractivity contribution in [3.63, 3.8) is 0 Å². The minimum absolute atomic E-state index is 0.121. The van der Waals surface area contributed by atoms with Crippen LogP contribution in [0.4, 0.5) is 13.2 Å². The largest absolute Gasteiger partial charge is 0.456 e. The Kier molecular flexibility index (Phi) is 8.06. The van der Waals surface area contributed by atoms with E-state index in [1.165, 1.54) is 18.2 Å². The van der Waals surface area contributed by atoms with Crippen LogP contribution in [0.25, 0.3) is 33.1 Å². The summed E-state index contributed by atoms with van der Waals surface area (Å²) in [7, 11) is 0. The van der Waals surface area contributed by atoms with Gasteiger partial charge in [0.05, 0.1) is 5.39 Å². The Morgan fingerprint density at radius 1 is 0.629 bits per heavy atom. The Balaban J connectivity index is 0.000000172. The van der Waals surface area contributed by atoms with Crippen molar-refractivity contribution in [1.29, 1.82) is 0 Å². The topological polar surface area (TPSA) is 13.1 Å². The van der Waals surface area contributed by atoms with Crippen LogP contribution in [0.5, 0.6) is 0 Å². The molecule has 4 heteroatoms. The van der Waals surface area contributed by atoms with Crippen molar-refractivity contribution in [2.75, 3.05) is 0 Å². The molecule has 4 aromatic carbocycles. The normalized spacial score (nSPS) is 12.4. The average Bonchev–Trinajstić information content (AvgIpc) is 3.35. The molecule has 1 nitrogen and oxygen atoms in total. The number of alkyl halides is 2. The lowest BCUT2D eigenvalue weighted by atomic mass is 10.0. The highest BCUT2D eigenvalue weighted by Gasteiger charge is 2.43. The zero-order valence-corrected chi connectivity index (χ0v) is 21.0. The van der Waals surface area contributed by atoms with E-state index in [1.807, 2.05) is 65.8 Å². The van der Waals surface area contributed by atoms with Crippen molar-refractivity contribution < 1.29 is 17.6 Å². The van der Waals surface area contributed by atoms with Crippen molar-refractivity contribution in [3.8, 4) is 11.1 Å². The first kappa shape index (κ1) is 26.1. The second-order valence-electron chi connectivity index (χ2n) is 7.88. The second-order valence-corrected chi connectivity index (χ2v) is 7.88. The standard InChI is InChI=1S/C14H10F2.C13H9FO.2C2H6/c1-9-6-7-13-11(8-9)10-4-2-3-5-12(10)14(13,15)16;1-8-5-6-11-9(7-8)13-10(14)3-2-4-12(13)15-11;2*1-2/h2-8H,1H3;2-7H,1H3;2*1-2H3. The molecule has 5 aromatic rings. The van der Waals surface area contributed by atoms with E-state index >= 15 is 0 Å². The Hall–Kier alpha value is -3.53. The first-order chi connectivity index (χ1) is 16.9. The number of aryl methyl sites for hydroxylation is 2. The molecule has 0 spiro atoms. The fraction of sp³-hybridized carbons (Fsp3) is 0.226. The SMILES string of the molecule is CC.CC.Cc1ccc2c(c1)-c1ccccc1C2(F)F.Cc1ccc2oc3cccc(F)c3c2c1. The van der Waals surface area contributed by atoms with Gasteiger partial charge in [0.1, 0.15) is 17.0 Å². The Bertz CT molecular complexity index is 1450. The number of fused-ring (bicyclic) bond motifs is 6. The smallest absolute Gasteiger partial charge is 0.299 e. The first-order valence-corrected chi connectivity index (χ1v) is 12.0. The van der Waals surface area contributed by atoms with Crippen molar-refractivity contribution >= 4 is 21.9 Å². The van der Waals surface area contributed by atoms with Gasteiger partial charge in [0.25, 0.3) is 5.92 Å². The van der Waals surface area contributed by atoms with Crippen LogP contribution in [0.3, 0.4) is 0 Å². The molecule has 0 atom stereocenters. The predicted molar refractivity (Wildman–Crippen MR) is 141 cm³/mol. The van der Waals surface area contributed by atoms with E-state index in [0.717, 1.165) is 22.1 Å². The van der Waals surface area contributed by atoms with Gasteiger partial charge in [-0.15, -0.1) is 0 Å². The molecule has 0 amide bonds. The number of benzene rings is 4. The zero-order chi connectivity index (χ0) is 25.8. The van der Waals surface area contributed by atoms with Gasteiger partial charge in [0, 0.05) is 16.5 Å². The van der Waals surface area contributed by atoms with Crippen molar-refractivity contribution in [1.82, 2.24) is 0 Å². The third kappa shape index (κ3) is 4.84. The maximum absolute atomic E-state index is 14.1. The summed E-state index contributed by atoms with van der Waals surface area (Å²) in [5, 5.41) is 1.43. The quantitative estimate of drug-likeness (QED) is 0.217. The number of hydrogen-bond acceptors (Lipinski definition) is 1. The average molecular weight is 477 g/mol. The van der Waals surface area contributed by atoms with Crippen LogP contribution in [0, 0.1) is 19.7 Å². The van der Waals surface area contributed by atoms with E-state index in [-0.39, 0.29) is 16.9 Å². The van der Waals surface area contributed by atoms with E-state index in [9.17, 15) is 13.2 Å². The lowest BCUT2D eigenvalue weighted by Gasteiger charge is -2.11. The van der Waals surface area contributed by atoms with Gasteiger partial charge in [-0.05, 0) is 49.2 Å². The highest BCUT2D eigenvalue weighted by atomic mass is 19.3. The van der Waals surface area contributed by atoms with Crippen molar-refractivity contribution in [3.05, 3.63) is 107 Å². The van der Waals surface area contributed by atoms with Crippen molar-refractivity contribution in [2.24, 2.45) is 0 Å². The van der Waals surface area contributed by atoms with Gasteiger partial charge in [0.15, 0.2) is 0 Å². The Morgan fingerprint density at radius 3 is 2.00 bits per heavy atom. The summed E-state index contributed by atoms with van der Waals surface area (Å²) in [4.78, 5) is 0. The van der Waals surface area contributed by atoms with Crippen molar-refractivity contribution in [2.45, 2.75) is 47.5 Å². The molecule has 35 heavy (non-hydrogen) atoms. The van der Waals surface area contributed by atoms with Gasteiger partial charge in [-0.3, -0.25) is 0 Å². The van der Waals surface area contributed by atoms with E-state index in [0.29, 0.717) is 22.1 Å². The van der Waals surface area contributed by atoms with E-state index in [2.05, 4.69) is 0 Å². The van der Waals surface area contributed by atoms with Gasteiger partial charge in [-0.25, -0.2) is 4.39 Å². The summed E-state index contributed by atoms with van der Waals surface area (Å²) in [5.74, 6) is -3.07. The highest BCUT2D eigenvalue weighted by Crippen LogP contribution is 2.50. The molecule has 0 N–H and O–H groups in total. The molecule has 6 rings (SSSR count). The van der Waals surface area contributed by atoms with Gasteiger partial charge in [-0.2, -0.15) is 8.78 Å². The summed E-state index contributed by atoms with van der Waals surface area (Å²) < 4.78 is 47.3. The Labute approximate surface area is 205 Å². The molecule has 182 valence electrons. The maximum atomic E-state index is 14.1. The summed E-state index contributed by atoms with van der Waals surface area (Å²) in [6, 6.07) is 22.5. The van der Waals surface area contributed by atoms with E-state index in [4.69, 9.17) is 4.42 Å². The van der Waals surface area contributed by atoms with E-state index in [1.54, 1.807) is 36.4 Å². The molecule has 1 heterocycles. The highest BCUT2D eigenvalue weighted by molar-refractivity contribution is 6.05. The van der Waals surface area contributed by atoms with Gasteiger partial charge in [0.2, 0.25) is 0 Å². The van der Waals surface area contributed by atoms with Crippen LogP contribution in [0.1, 0.15) is 49.9 Å². The molecule has 0 radical (unpaired) electrons. The molecular formula is C31H31F3O. The zero-order valence-electron chi connectivity index (χ0n) is 21.0. The number of furan rings is 1. The summed E-state index contributed by atoms with van der Waals surface area (Å²) in [5.41, 5.74) is 5.03. The lowest BCUT2D eigenvalue weighted by Crippen LogP contribution is -2.10. The minimum atomic E-state index is -2.85. The fourth-order valence-electron chi connectivity index (χ4n) is 4.19. The van der Waals surface area contributed by atoms with Gasteiger partial charge >= 0.3 is 0 Å². The molecular weight excluding hydrogens is 445 g/mol. The molecule has 1 aliphatic rings. The number of halogens is 3. The van der Waals surface area contributed by atoms with Crippen LogP contribution in [0.15, 0.2) is 83.3 Å². The van der Waals surface area contributed by atoms with Crippen LogP contribution in [0.2, 0.25) is 0 Å². The van der Waals surface area contributed by atoms with E-state index < -0.39 is 5.92 Å². The molecule has 0 aliphatic heterocycles. The van der Waals surface area contributed by atoms with Crippen LogP contribution >= 0.6 is 0 Å². The summed E-state index contributed by atoms with van der Waals surface area (Å²) in [6.07, 6.45) is 0. The van der Waals surface area contributed by atoms with Crippen LogP contribution in [-0.4, -0.2) is 0 Å².